The van der Waals surface area contributed by atoms with Crippen molar-refractivity contribution in [3.63, 3.8) is 0 Å². The highest BCUT2D eigenvalue weighted by Gasteiger charge is 2.42. The Morgan fingerprint density at radius 1 is 0.840 bits per heavy atom. The summed E-state index contributed by atoms with van der Waals surface area (Å²) in [7, 11) is -5.43. The molecule has 8 nitrogen and oxygen atoms in total. The van der Waals surface area contributed by atoms with Crippen LogP contribution in [0.4, 0.5) is 0 Å². The van der Waals surface area contributed by atoms with E-state index in [1.165, 1.54) is 0 Å². The van der Waals surface area contributed by atoms with Crippen LogP contribution in [0.1, 0.15) is 105 Å². The van der Waals surface area contributed by atoms with E-state index >= 15 is 0 Å². The molecule has 2 aromatic rings. The van der Waals surface area contributed by atoms with Crippen molar-refractivity contribution in [3.05, 3.63) is 71.3 Å². The lowest BCUT2D eigenvalue weighted by molar-refractivity contribution is -0.162. The quantitative estimate of drug-likeness (QED) is 0.105. The van der Waals surface area contributed by atoms with Gasteiger partial charge in [0.05, 0.1) is 30.1 Å². The van der Waals surface area contributed by atoms with Gasteiger partial charge in [-0.25, -0.2) is 13.2 Å². The van der Waals surface area contributed by atoms with Gasteiger partial charge >= 0.3 is 11.9 Å². The van der Waals surface area contributed by atoms with Crippen molar-refractivity contribution < 1.29 is 36.6 Å². The van der Waals surface area contributed by atoms with Gasteiger partial charge in [-0.2, -0.15) is 0 Å². The largest absolute Gasteiger partial charge is 0.464 e. The second-order valence-electron chi connectivity index (χ2n) is 17.0. The number of hydrogen-bond donors (Lipinski definition) is 0. The van der Waals surface area contributed by atoms with Crippen LogP contribution in [0.3, 0.4) is 0 Å². The lowest BCUT2D eigenvalue weighted by atomic mass is 9.74. The maximum Gasteiger partial charge on any atom is 0.335 e. The average molecular weight is 733 g/mol. The number of rotatable bonds is 19. The minimum absolute atomic E-state index is 0.00432. The van der Waals surface area contributed by atoms with E-state index in [2.05, 4.69) is 33.9 Å². The van der Waals surface area contributed by atoms with E-state index in [-0.39, 0.29) is 48.8 Å². The summed E-state index contributed by atoms with van der Waals surface area (Å²) in [5.41, 5.74) is 0.148. The zero-order valence-electron chi connectivity index (χ0n) is 32.8. The van der Waals surface area contributed by atoms with E-state index in [1.54, 1.807) is 6.92 Å². The second kappa shape index (κ2) is 17.8. The van der Waals surface area contributed by atoms with Crippen LogP contribution >= 0.6 is 0 Å². The monoisotopic (exact) mass is 732 g/mol. The van der Waals surface area contributed by atoms with E-state index in [9.17, 15) is 18.0 Å². The number of sulfone groups is 1. The number of carbonyl (C=O) groups is 2. The fourth-order valence-corrected chi connectivity index (χ4v) is 8.70. The highest BCUT2D eigenvalue weighted by Crippen LogP contribution is 2.39. The summed E-state index contributed by atoms with van der Waals surface area (Å²) >= 11 is 0. The van der Waals surface area contributed by atoms with Crippen LogP contribution in [-0.4, -0.2) is 65.1 Å². The fraction of sp³-hybridized carbons (Fsp3) is 0.650. The highest BCUT2D eigenvalue weighted by molar-refractivity contribution is 7.91. The van der Waals surface area contributed by atoms with Crippen LogP contribution in [0.2, 0.25) is 18.1 Å². The molecule has 0 aliphatic carbocycles. The van der Waals surface area contributed by atoms with E-state index in [1.807, 2.05) is 96.1 Å². The van der Waals surface area contributed by atoms with E-state index in [4.69, 9.17) is 18.6 Å². The van der Waals surface area contributed by atoms with E-state index in [0.29, 0.717) is 19.3 Å². The zero-order chi connectivity index (χ0) is 38.0. The maximum absolute atomic E-state index is 14.1. The van der Waals surface area contributed by atoms with E-state index < -0.39 is 46.7 Å². The van der Waals surface area contributed by atoms with E-state index in [0.717, 1.165) is 16.7 Å². The smallest absolute Gasteiger partial charge is 0.335 e. The molecule has 2 atom stereocenters. The minimum atomic E-state index is -3.38. The average Bonchev–Trinajstić information content (AvgIpc) is 2.97. The van der Waals surface area contributed by atoms with Gasteiger partial charge < -0.3 is 18.6 Å². The molecule has 0 saturated heterocycles. The van der Waals surface area contributed by atoms with Crippen molar-refractivity contribution in [3.8, 4) is 0 Å². The molecule has 2 rings (SSSR count). The third-order valence-electron chi connectivity index (χ3n) is 9.51. The van der Waals surface area contributed by atoms with Gasteiger partial charge in [-0.3, -0.25) is 4.79 Å². The molecule has 0 amide bonds. The number of benzene rings is 2. The topological polar surface area (TPSA) is 105 Å². The van der Waals surface area contributed by atoms with Gasteiger partial charge in [0.1, 0.15) is 5.60 Å². The third kappa shape index (κ3) is 13.9. The molecule has 0 aliphatic heterocycles. The molecule has 0 heterocycles. The summed E-state index contributed by atoms with van der Waals surface area (Å²) in [6.07, 6.45) is 0.914. The summed E-state index contributed by atoms with van der Waals surface area (Å²) in [6.45, 7) is 24.4. The van der Waals surface area contributed by atoms with Crippen LogP contribution in [-0.2, 0) is 56.5 Å². The van der Waals surface area contributed by atoms with Crippen LogP contribution < -0.4 is 0 Å². The first-order valence-corrected chi connectivity index (χ1v) is 22.6. The van der Waals surface area contributed by atoms with Crippen LogP contribution in [0.15, 0.2) is 54.6 Å². The van der Waals surface area contributed by atoms with Crippen molar-refractivity contribution in [2.45, 2.75) is 137 Å². The lowest BCUT2D eigenvalue weighted by Gasteiger charge is -2.36. The Bertz CT molecular complexity index is 1490. The predicted octanol–water partition coefficient (Wildman–Crippen LogP) is 8.61. The lowest BCUT2D eigenvalue weighted by Crippen LogP contribution is -2.42. The summed E-state index contributed by atoms with van der Waals surface area (Å²) in [4.78, 5) is 27.2. The van der Waals surface area contributed by atoms with Crippen LogP contribution in [0.25, 0.3) is 0 Å². The first kappa shape index (κ1) is 43.6. The van der Waals surface area contributed by atoms with Crippen molar-refractivity contribution in [2.24, 2.45) is 5.41 Å². The maximum atomic E-state index is 14.1. The molecule has 0 bridgehead atoms. The van der Waals surface area contributed by atoms with Gasteiger partial charge in [0.25, 0.3) is 0 Å². The molecular formula is C40H64O8SSi. The Hall–Kier alpha value is -2.53. The molecule has 0 fully saturated rings. The van der Waals surface area contributed by atoms with Gasteiger partial charge in [0, 0.05) is 13.0 Å². The zero-order valence-corrected chi connectivity index (χ0v) is 34.6. The fourth-order valence-electron chi connectivity index (χ4n) is 5.69. The molecule has 0 aliphatic rings. The van der Waals surface area contributed by atoms with Crippen molar-refractivity contribution in [2.75, 3.05) is 24.7 Å². The molecule has 10 heteroatoms. The number of carbonyl (C=O) groups excluding carboxylic acids is 2. The summed E-state index contributed by atoms with van der Waals surface area (Å²) in [5.74, 6) is -0.820. The molecule has 2 aromatic carbocycles. The second-order valence-corrected chi connectivity index (χ2v) is 23.9. The highest BCUT2D eigenvalue weighted by atomic mass is 32.2. The molecule has 0 N–H and O–H groups in total. The molecule has 0 aromatic heterocycles. The first-order valence-electron chi connectivity index (χ1n) is 17.9. The van der Waals surface area contributed by atoms with Crippen molar-refractivity contribution in [1.29, 1.82) is 0 Å². The van der Waals surface area contributed by atoms with Crippen LogP contribution in [0.5, 0.6) is 0 Å². The Kier molecular flexibility index (Phi) is 15.5. The minimum Gasteiger partial charge on any atom is -0.464 e. The Morgan fingerprint density at radius 2 is 1.44 bits per heavy atom. The molecular weight excluding hydrogens is 669 g/mol. The number of ether oxygens (including phenoxy) is 3. The van der Waals surface area contributed by atoms with Crippen molar-refractivity contribution in [1.82, 2.24) is 0 Å². The molecule has 50 heavy (non-hydrogen) atoms. The molecule has 0 saturated carbocycles. The molecule has 0 spiro atoms. The Labute approximate surface area is 304 Å². The summed E-state index contributed by atoms with van der Waals surface area (Å²) < 4.78 is 50.2. The van der Waals surface area contributed by atoms with Gasteiger partial charge in [-0.15, -0.1) is 0 Å². The Balaban J connectivity index is 2.31. The first-order chi connectivity index (χ1) is 22.9. The summed E-state index contributed by atoms with van der Waals surface area (Å²) in [5, 5.41) is 0.00432. The van der Waals surface area contributed by atoms with Crippen molar-refractivity contribution >= 4 is 30.1 Å². The van der Waals surface area contributed by atoms with Crippen LogP contribution in [0, 0.1) is 5.41 Å². The molecule has 282 valence electrons. The normalized spacial score (nSPS) is 14.9. The number of esters is 2. The van der Waals surface area contributed by atoms with Gasteiger partial charge in [0.15, 0.2) is 24.3 Å². The standard InChI is InChI=1S/C40H64O8SSi/c1-13-45-35(41)34(46-29-31-20-15-14-16-21-31)28-32-22-17-18-23-33(32)40(10,36(42)48-37(2,3)4)25-19-24-39(8,9)30-49(43,44)27-26-47-50(11,12)38(5,6)7/h14-18,20-23,34H,13,19,24-30H2,1-12H3. The predicted molar refractivity (Wildman–Crippen MR) is 204 cm³/mol. The number of hydrogen-bond acceptors (Lipinski definition) is 8. The van der Waals surface area contributed by atoms with Gasteiger partial charge in [-0.05, 0) is 87.7 Å². The molecule has 0 radical (unpaired) electrons. The molecule has 2 unspecified atom stereocenters. The summed E-state index contributed by atoms with van der Waals surface area (Å²) in [6, 6.07) is 17.2. The van der Waals surface area contributed by atoms with Gasteiger partial charge in [0.2, 0.25) is 0 Å². The SMILES string of the molecule is CCOC(=O)C(Cc1ccccc1C(C)(CCCC(C)(C)CS(=O)(=O)CCO[Si](C)(C)C(C)(C)C)C(=O)OC(C)(C)C)OCc1ccccc1. The Morgan fingerprint density at radius 3 is 2.02 bits per heavy atom. The van der Waals surface area contributed by atoms with Gasteiger partial charge in [-0.1, -0.05) is 95.6 Å². The third-order valence-corrected chi connectivity index (χ3v) is 16.1.